The Morgan fingerprint density at radius 3 is 2.29 bits per heavy atom. The van der Waals surface area contributed by atoms with E-state index < -0.39 is 42.1 Å². The molecule has 2 aromatic rings. The number of urea groups is 1. The third kappa shape index (κ3) is 5.87. The van der Waals surface area contributed by atoms with Crippen LogP contribution in [0.25, 0.3) is 0 Å². The van der Waals surface area contributed by atoms with Crippen LogP contribution in [0.3, 0.4) is 0 Å². The number of ether oxygens (including phenoxy) is 1. The molecule has 1 atom stereocenters. The van der Waals surface area contributed by atoms with E-state index in [1.807, 2.05) is 0 Å². The molecule has 0 aliphatic rings. The summed E-state index contributed by atoms with van der Waals surface area (Å²) in [6.07, 6.45) is 0. The number of carbonyl (C=O) groups excluding carboxylic acids is 3. The van der Waals surface area contributed by atoms with Crippen LogP contribution in [-0.4, -0.2) is 30.4 Å². The highest BCUT2D eigenvalue weighted by molar-refractivity contribution is 5.98. The molecule has 8 heteroatoms. The second kappa shape index (κ2) is 9.59. The number of amides is 2. The first-order valence-electron chi connectivity index (χ1n) is 8.55. The molecule has 2 N–H and O–H groups in total. The van der Waals surface area contributed by atoms with Crippen molar-refractivity contribution in [3.8, 4) is 0 Å². The Hall–Kier alpha value is -3.29. The highest BCUT2D eigenvalue weighted by Crippen LogP contribution is 2.11. The zero-order chi connectivity index (χ0) is 20.7. The number of nitrogens with one attached hydrogen (secondary N) is 2. The topological polar surface area (TPSA) is 84.5 Å². The van der Waals surface area contributed by atoms with Gasteiger partial charge in [0.15, 0.2) is 24.0 Å². The summed E-state index contributed by atoms with van der Waals surface area (Å²) in [5.41, 5.74) is 0.423. The Kier molecular flexibility index (Phi) is 7.20. The zero-order valence-corrected chi connectivity index (χ0v) is 15.4. The van der Waals surface area contributed by atoms with Crippen molar-refractivity contribution in [2.24, 2.45) is 5.92 Å². The third-order valence-corrected chi connectivity index (χ3v) is 3.83. The van der Waals surface area contributed by atoms with Crippen molar-refractivity contribution in [1.29, 1.82) is 0 Å². The summed E-state index contributed by atoms with van der Waals surface area (Å²) >= 11 is 0. The molecule has 0 aliphatic carbocycles. The smallest absolute Gasteiger partial charge is 0.329 e. The molecule has 0 aromatic heterocycles. The van der Waals surface area contributed by atoms with E-state index in [0.717, 1.165) is 18.2 Å². The number of anilines is 1. The van der Waals surface area contributed by atoms with Gasteiger partial charge in [0.05, 0.1) is 0 Å². The van der Waals surface area contributed by atoms with Crippen molar-refractivity contribution in [1.82, 2.24) is 5.32 Å². The fourth-order valence-corrected chi connectivity index (χ4v) is 2.31. The molecule has 6 nitrogen and oxygen atoms in total. The van der Waals surface area contributed by atoms with Crippen LogP contribution in [0.1, 0.15) is 24.2 Å². The van der Waals surface area contributed by atoms with Gasteiger partial charge in [-0.2, -0.15) is 0 Å². The predicted molar refractivity (Wildman–Crippen MR) is 98.9 cm³/mol. The Morgan fingerprint density at radius 2 is 1.68 bits per heavy atom. The summed E-state index contributed by atoms with van der Waals surface area (Å²) in [5.74, 6) is -4.07. The highest BCUT2D eigenvalue weighted by Gasteiger charge is 2.26. The maximum Gasteiger partial charge on any atom is 0.329 e. The minimum Gasteiger partial charge on any atom is -0.456 e. The van der Waals surface area contributed by atoms with Crippen LogP contribution in [0.15, 0.2) is 48.5 Å². The minimum atomic E-state index is -1.17. The number of Topliss-reactive ketones (excluding diaryl/α,β-unsaturated/α-hetero) is 1. The molecule has 0 aliphatic heterocycles. The van der Waals surface area contributed by atoms with Gasteiger partial charge >= 0.3 is 12.0 Å². The second-order valence-corrected chi connectivity index (χ2v) is 6.35. The lowest BCUT2D eigenvalue weighted by molar-refractivity contribution is -0.145. The molecule has 0 heterocycles. The molecule has 0 saturated carbocycles. The molecule has 0 radical (unpaired) electrons. The van der Waals surface area contributed by atoms with Crippen LogP contribution in [0, 0.1) is 17.6 Å². The van der Waals surface area contributed by atoms with Gasteiger partial charge in [0.25, 0.3) is 0 Å². The Balaban J connectivity index is 1.93. The van der Waals surface area contributed by atoms with Gasteiger partial charge in [0.1, 0.15) is 6.04 Å². The first kappa shape index (κ1) is 21.0. The number of hydrogen-bond donors (Lipinski definition) is 2. The molecule has 28 heavy (non-hydrogen) atoms. The lowest BCUT2D eigenvalue weighted by atomic mass is 10.0. The van der Waals surface area contributed by atoms with E-state index in [4.69, 9.17) is 4.74 Å². The third-order valence-electron chi connectivity index (χ3n) is 3.83. The van der Waals surface area contributed by atoms with Gasteiger partial charge in [-0.05, 0) is 36.2 Å². The number of para-hydroxylation sites is 1. The Bertz CT molecular complexity index is 857. The maximum absolute atomic E-state index is 13.2. The van der Waals surface area contributed by atoms with Crippen molar-refractivity contribution >= 4 is 23.5 Å². The van der Waals surface area contributed by atoms with Gasteiger partial charge < -0.3 is 15.4 Å². The number of halogens is 2. The monoisotopic (exact) mass is 390 g/mol. The predicted octanol–water partition coefficient (Wildman–Crippen LogP) is 3.54. The van der Waals surface area contributed by atoms with Crippen LogP contribution < -0.4 is 10.6 Å². The number of hydrogen-bond acceptors (Lipinski definition) is 4. The molecule has 0 spiro atoms. The molecular formula is C20H20F2N2O4. The van der Waals surface area contributed by atoms with E-state index in [2.05, 4.69) is 10.6 Å². The fourth-order valence-electron chi connectivity index (χ4n) is 2.31. The minimum absolute atomic E-state index is 0.123. The first-order valence-corrected chi connectivity index (χ1v) is 8.55. The lowest BCUT2D eigenvalue weighted by Crippen LogP contribution is -2.47. The lowest BCUT2D eigenvalue weighted by Gasteiger charge is -2.21. The van der Waals surface area contributed by atoms with Crippen LogP contribution in [0.2, 0.25) is 0 Å². The van der Waals surface area contributed by atoms with E-state index >= 15 is 0 Å². The molecule has 0 fully saturated rings. The van der Waals surface area contributed by atoms with Gasteiger partial charge in [0, 0.05) is 11.3 Å². The normalized spacial score (nSPS) is 11.6. The van der Waals surface area contributed by atoms with Crippen molar-refractivity contribution in [3.05, 3.63) is 65.7 Å². The second-order valence-electron chi connectivity index (χ2n) is 6.35. The average Bonchev–Trinajstić information content (AvgIpc) is 2.66. The maximum atomic E-state index is 13.2. The summed E-state index contributed by atoms with van der Waals surface area (Å²) in [7, 11) is 0. The van der Waals surface area contributed by atoms with E-state index in [0.29, 0.717) is 5.69 Å². The van der Waals surface area contributed by atoms with E-state index in [1.54, 1.807) is 44.2 Å². The Morgan fingerprint density at radius 1 is 1.00 bits per heavy atom. The van der Waals surface area contributed by atoms with E-state index in [9.17, 15) is 23.2 Å². The summed E-state index contributed by atoms with van der Waals surface area (Å²) in [6, 6.07) is 9.69. The van der Waals surface area contributed by atoms with Crippen LogP contribution >= 0.6 is 0 Å². The molecule has 2 rings (SSSR count). The average molecular weight is 390 g/mol. The summed E-state index contributed by atoms with van der Waals surface area (Å²) in [5, 5.41) is 5.08. The SMILES string of the molecule is CC(C)[C@H](NC(=O)Nc1ccccc1)C(=O)OCC(=O)c1ccc(F)c(F)c1. The number of carbonyl (C=O) groups is 3. The number of rotatable bonds is 7. The Labute approximate surface area is 160 Å². The quantitative estimate of drug-likeness (QED) is 0.560. The van der Waals surface area contributed by atoms with Gasteiger partial charge in [0.2, 0.25) is 0 Å². The highest BCUT2D eigenvalue weighted by atomic mass is 19.2. The molecule has 0 saturated heterocycles. The standard InChI is InChI=1S/C20H20F2N2O4/c1-12(2)18(24-20(27)23-14-6-4-3-5-7-14)19(26)28-11-17(25)13-8-9-15(21)16(22)10-13/h3-10,12,18H,11H2,1-2H3,(H2,23,24,27)/t18-/m0/s1. The van der Waals surface area contributed by atoms with Gasteiger partial charge in [-0.25, -0.2) is 18.4 Å². The molecule has 2 aromatic carbocycles. The van der Waals surface area contributed by atoms with Gasteiger partial charge in [-0.15, -0.1) is 0 Å². The van der Waals surface area contributed by atoms with Crippen LogP contribution in [-0.2, 0) is 9.53 Å². The van der Waals surface area contributed by atoms with E-state index in [1.165, 1.54) is 0 Å². The molecule has 0 unspecified atom stereocenters. The fraction of sp³-hybridized carbons (Fsp3) is 0.250. The van der Waals surface area contributed by atoms with Crippen LogP contribution in [0.5, 0.6) is 0 Å². The van der Waals surface area contributed by atoms with Crippen molar-refractivity contribution in [2.75, 3.05) is 11.9 Å². The number of ketones is 1. The van der Waals surface area contributed by atoms with Crippen molar-refractivity contribution in [2.45, 2.75) is 19.9 Å². The van der Waals surface area contributed by atoms with Crippen molar-refractivity contribution < 1.29 is 27.9 Å². The number of esters is 1. The molecule has 148 valence electrons. The summed E-state index contributed by atoms with van der Waals surface area (Å²) in [6.45, 7) is 2.74. The number of benzene rings is 2. The van der Waals surface area contributed by atoms with Gasteiger partial charge in [-0.1, -0.05) is 32.0 Å². The van der Waals surface area contributed by atoms with Crippen molar-refractivity contribution in [3.63, 3.8) is 0 Å². The first-order chi connectivity index (χ1) is 13.3. The molecular weight excluding hydrogens is 370 g/mol. The zero-order valence-electron chi connectivity index (χ0n) is 15.4. The largest absolute Gasteiger partial charge is 0.456 e. The molecule has 2 amide bonds. The summed E-state index contributed by atoms with van der Waals surface area (Å²) < 4.78 is 31.1. The van der Waals surface area contributed by atoms with Crippen LogP contribution in [0.4, 0.5) is 19.3 Å². The van der Waals surface area contributed by atoms with Gasteiger partial charge in [-0.3, -0.25) is 4.79 Å². The van der Waals surface area contributed by atoms with E-state index in [-0.39, 0.29) is 11.5 Å². The summed E-state index contributed by atoms with van der Waals surface area (Å²) in [4.78, 5) is 36.4. The molecule has 0 bridgehead atoms.